The molecule has 2 aromatic rings. The van der Waals surface area contributed by atoms with Crippen molar-refractivity contribution in [1.29, 1.82) is 0 Å². The lowest BCUT2D eigenvalue weighted by atomic mass is 9.91. The van der Waals surface area contributed by atoms with Crippen LogP contribution in [-0.4, -0.2) is 17.6 Å². The summed E-state index contributed by atoms with van der Waals surface area (Å²) in [5.74, 6) is -0.302. The molecule has 3 nitrogen and oxygen atoms in total. The molecule has 0 spiro atoms. The predicted octanol–water partition coefficient (Wildman–Crippen LogP) is 4.10. The Labute approximate surface area is 129 Å². The molecular weight excluding hydrogens is 282 g/mol. The van der Waals surface area contributed by atoms with Crippen molar-refractivity contribution < 1.29 is 9.53 Å². The summed E-state index contributed by atoms with van der Waals surface area (Å²) in [7, 11) is 0. The average molecular weight is 301 g/mol. The zero-order valence-corrected chi connectivity index (χ0v) is 13.2. The predicted molar refractivity (Wildman–Crippen MR) is 84.6 cm³/mol. The highest BCUT2D eigenvalue weighted by Crippen LogP contribution is 2.38. The van der Waals surface area contributed by atoms with E-state index < -0.39 is 0 Å². The monoisotopic (exact) mass is 301 g/mol. The number of aryl methyl sites for hydroxylation is 2. The summed E-state index contributed by atoms with van der Waals surface area (Å²) in [5.41, 5.74) is 3.31. The van der Waals surface area contributed by atoms with Gasteiger partial charge in [0.15, 0.2) is 0 Å². The molecule has 1 atom stereocenters. The summed E-state index contributed by atoms with van der Waals surface area (Å²) >= 11 is 1.71. The van der Waals surface area contributed by atoms with E-state index in [1.54, 1.807) is 11.3 Å². The van der Waals surface area contributed by atoms with Crippen LogP contribution in [0.25, 0.3) is 10.6 Å². The van der Waals surface area contributed by atoms with Crippen LogP contribution < -0.4 is 0 Å². The van der Waals surface area contributed by atoms with Crippen LogP contribution in [0.4, 0.5) is 0 Å². The number of hydrogen-bond donors (Lipinski definition) is 0. The first kappa shape index (κ1) is 14.3. The van der Waals surface area contributed by atoms with E-state index in [-0.39, 0.29) is 11.9 Å². The Bertz CT molecular complexity index is 645. The second-order valence-corrected chi connectivity index (χ2v) is 6.47. The largest absolute Gasteiger partial charge is 0.465 e. The minimum Gasteiger partial charge on any atom is -0.465 e. The van der Waals surface area contributed by atoms with Crippen molar-refractivity contribution in [3.63, 3.8) is 0 Å². The van der Waals surface area contributed by atoms with Crippen LogP contribution in [0.5, 0.6) is 0 Å². The van der Waals surface area contributed by atoms with Crippen molar-refractivity contribution >= 4 is 17.3 Å². The van der Waals surface area contributed by atoms with Crippen molar-refractivity contribution in [3.05, 3.63) is 40.4 Å². The minimum absolute atomic E-state index is 0.126. The lowest BCUT2D eigenvalue weighted by Gasteiger charge is -2.19. The smallest absolute Gasteiger partial charge is 0.315 e. The van der Waals surface area contributed by atoms with Gasteiger partial charge in [-0.1, -0.05) is 29.8 Å². The van der Waals surface area contributed by atoms with Gasteiger partial charge in [-0.25, -0.2) is 4.98 Å². The molecule has 1 aromatic heterocycles. The van der Waals surface area contributed by atoms with E-state index >= 15 is 0 Å². The molecule has 0 saturated heterocycles. The van der Waals surface area contributed by atoms with Crippen molar-refractivity contribution in [2.24, 2.45) is 0 Å². The number of nitrogens with zero attached hydrogens (tertiary/aromatic N) is 1. The van der Waals surface area contributed by atoms with E-state index in [4.69, 9.17) is 9.72 Å². The normalized spacial score (nSPS) is 17.3. The van der Waals surface area contributed by atoms with Crippen LogP contribution in [-0.2, 0) is 16.0 Å². The lowest BCUT2D eigenvalue weighted by Crippen LogP contribution is -2.20. The number of aromatic nitrogens is 1. The van der Waals surface area contributed by atoms with Crippen LogP contribution in [0.2, 0.25) is 0 Å². The molecule has 0 radical (unpaired) electrons. The number of fused-ring (bicyclic) bond motifs is 1. The third kappa shape index (κ3) is 2.86. The number of hydrogen-bond acceptors (Lipinski definition) is 4. The van der Waals surface area contributed by atoms with E-state index in [0.717, 1.165) is 35.5 Å². The van der Waals surface area contributed by atoms with E-state index in [9.17, 15) is 4.79 Å². The summed E-state index contributed by atoms with van der Waals surface area (Å²) in [6.07, 6.45) is 2.91. The van der Waals surface area contributed by atoms with E-state index in [0.29, 0.717) is 6.61 Å². The number of thiazole rings is 1. The molecule has 3 rings (SSSR count). The third-order valence-corrected chi connectivity index (χ3v) is 5.00. The van der Waals surface area contributed by atoms with E-state index in [1.165, 1.54) is 10.4 Å². The molecule has 1 aliphatic rings. The quantitative estimate of drug-likeness (QED) is 0.801. The van der Waals surface area contributed by atoms with Gasteiger partial charge in [-0.05, 0) is 33.1 Å². The van der Waals surface area contributed by atoms with E-state index in [2.05, 4.69) is 31.2 Å². The zero-order valence-electron chi connectivity index (χ0n) is 12.4. The number of esters is 1. The zero-order chi connectivity index (χ0) is 14.8. The van der Waals surface area contributed by atoms with Gasteiger partial charge in [-0.2, -0.15) is 0 Å². The highest BCUT2D eigenvalue weighted by atomic mass is 32.1. The first-order chi connectivity index (χ1) is 10.2. The van der Waals surface area contributed by atoms with Crippen molar-refractivity contribution in [3.8, 4) is 10.6 Å². The Morgan fingerprint density at radius 3 is 2.86 bits per heavy atom. The van der Waals surface area contributed by atoms with Gasteiger partial charge >= 0.3 is 5.97 Å². The molecule has 21 heavy (non-hydrogen) atoms. The summed E-state index contributed by atoms with van der Waals surface area (Å²) in [6.45, 7) is 4.35. The second kappa shape index (κ2) is 5.98. The molecule has 0 aliphatic heterocycles. The molecule has 0 N–H and O–H groups in total. The highest BCUT2D eigenvalue weighted by Gasteiger charge is 2.31. The Morgan fingerprint density at radius 2 is 2.14 bits per heavy atom. The van der Waals surface area contributed by atoms with Gasteiger partial charge < -0.3 is 4.74 Å². The number of benzene rings is 1. The molecule has 4 heteroatoms. The summed E-state index contributed by atoms with van der Waals surface area (Å²) in [4.78, 5) is 18.1. The molecular formula is C17H19NO2S. The summed E-state index contributed by atoms with van der Waals surface area (Å²) in [6, 6.07) is 8.38. The maximum Gasteiger partial charge on any atom is 0.315 e. The number of ether oxygens (including phenoxy) is 1. The fourth-order valence-electron chi connectivity index (χ4n) is 2.71. The molecule has 1 aromatic carbocycles. The fourth-order valence-corrected chi connectivity index (χ4v) is 3.88. The number of carbonyl (C=O) groups excluding carboxylic acids is 1. The first-order valence-electron chi connectivity index (χ1n) is 7.42. The van der Waals surface area contributed by atoms with Crippen molar-refractivity contribution in [1.82, 2.24) is 4.98 Å². The summed E-state index contributed by atoms with van der Waals surface area (Å²) in [5, 5.41) is 1.01. The molecule has 0 bridgehead atoms. The second-order valence-electron chi connectivity index (χ2n) is 5.39. The minimum atomic E-state index is -0.177. The van der Waals surface area contributed by atoms with Crippen LogP contribution in [0.15, 0.2) is 24.3 Å². The van der Waals surface area contributed by atoms with Crippen LogP contribution >= 0.6 is 11.3 Å². The van der Waals surface area contributed by atoms with Crippen molar-refractivity contribution in [2.45, 2.75) is 39.0 Å². The van der Waals surface area contributed by atoms with Gasteiger partial charge in [0.05, 0.1) is 12.3 Å². The summed E-state index contributed by atoms with van der Waals surface area (Å²) < 4.78 is 5.19. The molecule has 1 unspecified atom stereocenters. The standard InChI is InChI=1S/C17H19NO2S/c1-3-20-17(19)13-5-4-6-14-15(13)18-16(21-14)12-9-7-11(2)8-10-12/h7-10,13H,3-6H2,1-2H3. The van der Waals surface area contributed by atoms with Gasteiger partial charge in [-0.3, -0.25) is 4.79 Å². The fraction of sp³-hybridized carbons (Fsp3) is 0.412. The Balaban J connectivity index is 1.94. The van der Waals surface area contributed by atoms with Gasteiger partial charge in [-0.15, -0.1) is 11.3 Å². The van der Waals surface area contributed by atoms with Gasteiger partial charge in [0.25, 0.3) is 0 Å². The SMILES string of the molecule is CCOC(=O)C1CCCc2sc(-c3ccc(C)cc3)nc21. The number of carbonyl (C=O) groups is 1. The maximum absolute atomic E-state index is 12.1. The average Bonchev–Trinajstić information content (AvgIpc) is 2.92. The highest BCUT2D eigenvalue weighted by molar-refractivity contribution is 7.15. The lowest BCUT2D eigenvalue weighted by molar-refractivity contribution is -0.145. The van der Waals surface area contributed by atoms with Crippen molar-refractivity contribution in [2.75, 3.05) is 6.61 Å². The molecule has 1 heterocycles. The van der Waals surface area contributed by atoms with Gasteiger partial charge in [0.2, 0.25) is 0 Å². The van der Waals surface area contributed by atoms with Gasteiger partial charge in [0, 0.05) is 10.4 Å². The van der Waals surface area contributed by atoms with E-state index in [1.807, 2.05) is 6.92 Å². The third-order valence-electron chi connectivity index (χ3n) is 3.82. The Hall–Kier alpha value is -1.68. The molecule has 0 saturated carbocycles. The maximum atomic E-state index is 12.1. The molecule has 0 fully saturated rings. The number of rotatable bonds is 3. The Morgan fingerprint density at radius 1 is 1.38 bits per heavy atom. The van der Waals surface area contributed by atoms with Gasteiger partial charge in [0.1, 0.15) is 10.9 Å². The molecule has 0 amide bonds. The van der Waals surface area contributed by atoms with Crippen LogP contribution in [0.3, 0.4) is 0 Å². The van der Waals surface area contributed by atoms with Crippen LogP contribution in [0.1, 0.15) is 41.8 Å². The first-order valence-corrected chi connectivity index (χ1v) is 8.24. The van der Waals surface area contributed by atoms with Crippen LogP contribution in [0, 0.1) is 6.92 Å². The topological polar surface area (TPSA) is 39.2 Å². The molecule has 110 valence electrons. The molecule has 1 aliphatic carbocycles. The Kier molecular flexibility index (Phi) is 4.06.